The van der Waals surface area contributed by atoms with Crippen molar-refractivity contribution in [2.24, 2.45) is 5.92 Å². The van der Waals surface area contributed by atoms with Crippen LogP contribution in [0, 0.1) is 12.8 Å². The summed E-state index contributed by atoms with van der Waals surface area (Å²) in [6.45, 7) is 6.00. The van der Waals surface area contributed by atoms with Crippen LogP contribution in [0.25, 0.3) is 11.1 Å². The third kappa shape index (κ3) is 5.97. The summed E-state index contributed by atoms with van der Waals surface area (Å²) in [4.78, 5) is 28.6. The van der Waals surface area contributed by atoms with E-state index < -0.39 is 23.8 Å². The van der Waals surface area contributed by atoms with E-state index in [0.717, 1.165) is 74.0 Å². The molecule has 39 heavy (non-hydrogen) atoms. The van der Waals surface area contributed by atoms with Gasteiger partial charge < -0.3 is 20.3 Å². The first-order valence-corrected chi connectivity index (χ1v) is 14.1. The van der Waals surface area contributed by atoms with Gasteiger partial charge >= 0.3 is 5.92 Å². The molecule has 3 aliphatic rings. The molecule has 2 aromatic rings. The smallest absolute Gasteiger partial charge is 0.381 e. The van der Waals surface area contributed by atoms with Crippen molar-refractivity contribution in [3.8, 4) is 11.1 Å². The molecule has 0 bridgehead atoms. The molecule has 208 valence electrons. The van der Waals surface area contributed by atoms with Gasteiger partial charge in [0, 0.05) is 25.7 Å². The summed E-state index contributed by atoms with van der Waals surface area (Å²) in [6, 6.07) is 15.8. The molecule has 0 spiro atoms. The molecule has 0 radical (unpaired) electrons. The van der Waals surface area contributed by atoms with E-state index in [-0.39, 0.29) is 17.9 Å². The topological polar surface area (TPSA) is 70.7 Å². The number of hydrogen-bond acceptors (Lipinski definition) is 4. The van der Waals surface area contributed by atoms with Crippen molar-refractivity contribution >= 4 is 11.8 Å². The van der Waals surface area contributed by atoms with Crippen molar-refractivity contribution in [1.82, 2.24) is 15.5 Å². The average Bonchev–Trinajstić information content (AvgIpc) is 3.57. The highest BCUT2D eigenvalue weighted by Crippen LogP contribution is 2.51. The molecule has 0 saturated carbocycles. The molecule has 1 aliphatic carbocycles. The summed E-state index contributed by atoms with van der Waals surface area (Å²) in [7, 11) is 0. The number of fused-ring (bicyclic) bond motifs is 3. The van der Waals surface area contributed by atoms with Gasteiger partial charge in [-0.2, -0.15) is 8.78 Å². The van der Waals surface area contributed by atoms with Gasteiger partial charge in [0.15, 0.2) is 0 Å². The molecule has 2 saturated heterocycles. The first-order valence-electron chi connectivity index (χ1n) is 14.1. The minimum Gasteiger partial charge on any atom is -0.381 e. The van der Waals surface area contributed by atoms with Crippen molar-refractivity contribution in [2.75, 3.05) is 39.4 Å². The number of alkyl halides is 2. The van der Waals surface area contributed by atoms with Crippen LogP contribution in [0.4, 0.5) is 8.78 Å². The maximum absolute atomic E-state index is 13.7. The number of piperidine rings is 1. The lowest BCUT2D eigenvalue weighted by atomic mass is 9.73. The summed E-state index contributed by atoms with van der Waals surface area (Å²) in [6.07, 6.45) is 4.84. The molecule has 2 fully saturated rings. The summed E-state index contributed by atoms with van der Waals surface area (Å²) in [5, 5.41) is 5.71. The molecule has 1 atom stereocenters. The summed E-state index contributed by atoms with van der Waals surface area (Å²) in [5.41, 5.74) is 2.70. The number of unbranched alkanes of at least 4 members (excludes halogenated alkanes) is 1. The maximum atomic E-state index is 13.7. The Bertz CT molecular complexity index is 1120. The number of carbonyl (C=O) groups excluding carboxylic acids is 2. The Kier molecular flexibility index (Phi) is 8.24. The van der Waals surface area contributed by atoms with Gasteiger partial charge in [0.25, 0.3) is 0 Å². The molecule has 8 heteroatoms. The predicted octanol–water partition coefficient (Wildman–Crippen LogP) is 4.33. The minimum atomic E-state index is -3.23. The zero-order valence-electron chi connectivity index (χ0n) is 22.4. The number of amides is 2. The fourth-order valence-electron chi connectivity index (χ4n) is 6.40. The van der Waals surface area contributed by atoms with Crippen LogP contribution in [0.1, 0.15) is 49.7 Å². The molecular formula is C31H38F2N3O3+. The number of likely N-dealkylation sites (tertiary alicyclic amines) is 1. The predicted molar refractivity (Wildman–Crippen MR) is 146 cm³/mol. The zero-order chi connectivity index (χ0) is 27.5. The van der Waals surface area contributed by atoms with E-state index >= 15 is 0 Å². The third-order valence-corrected chi connectivity index (χ3v) is 8.47. The highest BCUT2D eigenvalue weighted by atomic mass is 19.3. The van der Waals surface area contributed by atoms with Crippen LogP contribution in [0.3, 0.4) is 0 Å². The van der Waals surface area contributed by atoms with E-state index in [1.54, 1.807) is 0 Å². The van der Waals surface area contributed by atoms with E-state index in [1.807, 2.05) is 48.5 Å². The van der Waals surface area contributed by atoms with Crippen LogP contribution in [0.5, 0.6) is 0 Å². The van der Waals surface area contributed by atoms with Crippen LogP contribution in [-0.2, 0) is 19.7 Å². The van der Waals surface area contributed by atoms with Gasteiger partial charge in [-0.25, -0.2) is 0 Å². The normalized spacial score (nSPS) is 20.8. The molecular weight excluding hydrogens is 500 g/mol. The molecule has 2 heterocycles. The fourth-order valence-corrected chi connectivity index (χ4v) is 6.40. The summed E-state index contributed by atoms with van der Waals surface area (Å²) in [5.74, 6) is -3.53. The van der Waals surface area contributed by atoms with E-state index in [0.29, 0.717) is 19.6 Å². The van der Waals surface area contributed by atoms with E-state index in [1.165, 1.54) is 0 Å². The number of nitrogens with one attached hydrogen (secondary N) is 2. The first kappa shape index (κ1) is 27.6. The van der Waals surface area contributed by atoms with Gasteiger partial charge in [-0.1, -0.05) is 55.0 Å². The largest absolute Gasteiger partial charge is 0.401 e. The van der Waals surface area contributed by atoms with Crippen molar-refractivity contribution in [3.63, 3.8) is 0 Å². The number of carbonyl (C=O) groups is 2. The number of nitrogens with zero attached hydrogens (tertiary/aromatic N) is 1. The molecule has 6 nitrogen and oxygen atoms in total. The second kappa shape index (κ2) is 11.6. The number of ether oxygens (including phenoxy) is 1. The lowest BCUT2D eigenvalue weighted by Gasteiger charge is -2.34. The van der Waals surface area contributed by atoms with Gasteiger partial charge in [0.1, 0.15) is 18.9 Å². The van der Waals surface area contributed by atoms with Gasteiger partial charge in [-0.05, 0) is 60.9 Å². The highest BCUT2D eigenvalue weighted by molar-refractivity contribution is 6.00. The Morgan fingerprint density at radius 3 is 2.23 bits per heavy atom. The SMILES string of the molecule is [CH2+]C(F)(F)CNC(=O)C1(CCCCN2CCC(NC(=O)C3CCOC3)CC2)c2ccccc2-c2ccccc21. The second-order valence-electron chi connectivity index (χ2n) is 11.2. The molecule has 2 aromatic carbocycles. The Morgan fingerprint density at radius 1 is 1.00 bits per heavy atom. The number of hydrogen-bond donors (Lipinski definition) is 2. The third-order valence-electron chi connectivity index (χ3n) is 8.47. The Hall–Kier alpha value is -2.97. The lowest BCUT2D eigenvalue weighted by molar-refractivity contribution is -0.127. The van der Waals surface area contributed by atoms with Crippen LogP contribution in [-0.4, -0.2) is 68.1 Å². The molecule has 2 aliphatic heterocycles. The van der Waals surface area contributed by atoms with Crippen molar-refractivity contribution in [3.05, 3.63) is 66.6 Å². The lowest BCUT2D eigenvalue weighted by Crippen LogP contribution is -2.47. The maximum Gasteiger partial charge on any atom is 0.401 e. The van der Waals surface area contributed by atoms with Gasteiger partial charge in [-0.3, -0.25) is 9.59 Å². The van der Waals surface area contributed by atoms with Crippen LogP contribution in [0.15, 0.2) is 48.5 Å². The Labute approximate surface area is 229 Å². The monoisotopic (exact) mass is 538 g/mol. The standard InChI is InChI=1S/C31H37F2N3O3/c1-30(32,33)21-34-29(38)31(26-10-4-2-8-24(26)25-9-3-5-11-27(25)31)15-6-7-16-36-17-12-23(13-18-36)35-28(37)22-14-19-39-20-22/h2-5,8-11,22-23H,1,6-7,12-21H2,(H-,34,35,37,38)/p+1. The van der Waals surface area contributed by atoms with Crippen molar-refractivity contribution in [2.45, 2.75) is 55.9 Å². The number of benzene rings is 2. The minimum absolute atomic E-state index is 0.0155. The Balaban J connectivity index is 1.21. The first-order chi connectivity index (χ1) is 18.8. The van der Waals surface area contributed by atoms with Crippen LogP contribution < -0.4 is 10.6 Å². The van der Waals surface area contributed by atoms with Crippen LogP contribution >= 0.6 is 0 Å². The number of halogens is 2. The van der Waals surface area contributed by atoms with E-state index in [4.69, 9.17) is 4.74 Å². The van der Waals surface area contributed by atoms with Crippen molar-refractivity contribution in [1.29, 1.82) is 0 Å². The zero-order valence-corrected chi connectivity index (χ0v) is 22.4. The van der Waals surface area contributed by atoms with Crippen molar-refractivity contribution < 1.29 is 23.1 Å². The molecule has 5 rings (SSSR count). The molecule has 2 amide bonds. The molecule has 1 unspecified atom stereocenters. The van der Waals surface area contributed by atoms with E-state index in [9.17, 15) is 18.4 Å². The van der Waals surface area contributed by atoms with Gasteiger partial charge in [0.2, 0.25) is 11.8 Å². The number of rotatable bonds is 10. The molecule has 0 aromatic heterocycles. The summed E-state index contributed by atoms with van der Waals surface area (Å²) < 4.78 is 32.6. The van der Waals surface area contributed by atoms with E-state index in [2.05, 4.69) is 22.5 Å². The highest BCUT2D eigenvalue weighted by Gasteiger charge is 2.49. The Morgan fingerprint density at radius 2 is 1.64 bits per heavy atom. The summed E-state index contributed by atoms with van der Waals surface area (Å²) >= 11 is 0. The molecule has 2 N–H and O–H groups in total. The second-order valence-corrected chi connectivity index (χ2v) is 11.2. The van der Waals surface area contributed by atoms with Gasteiger partial charge in [-0.15, -0.1) is 0 Å². The van der Waals surface area contributed by atoms with Crippen LogP contribution in [0.2, 0.25) is 0 Å². The quantitative estimate of drug-likeness (QED) is 0.349. The fraction of sp³-hybridized carbons (Fsp3) is 0.516. The van der Waals surface area contributed by atoms with Gasteiger partial charge in [0.05, 0.1) is 12.5 Å². The average molecular weight is 539 g/mol.